The number of pyridine rings is 1. The average molecular weight is 385 g/mol. The van der Waals surface area contributed by atoms with Gasteiger partial charge in [-0.3, -0.25) is 14.6 Å². The third kappa shape index (κ3) is 3.63. The molecule has 1 N–H and O–H groups in total. The highest BCUT2D eigenvalue weighted by Crippen LogP contribution is 2.33. The molecule has 3 aromatic rings. The Hall–Kier alpha value is -3.47. The molecule has 146 valence electrons. The van der Waals surface area contributed by atoms with Gasteiger partial charge in [0.15, 0.2) is 0 Å². The van der Waals surface area contributed by atoms with Crippen molar-refractivity contribution in [2.75, 3.05) is 10.2 Å². The second kappa shape index (κ2) is 7.51. The fourth-order valence-corrected chi connectivity index (χ4v) is 3.76. The van der Waals surface area contributed by atoms with E-state index >= 15 is 0 Å². The van der Waals surface area contributed by atoms with Crippen LogP contribution in [0.4, 0.5) is 11.4 Å². The Morgan fingerprint density at radius 3 is 2.69 bits per heavy atom. The maximum atomic E-state index is 13.2. The van der Waals surface area contributed by atoms with Gasteiger partial charge in [0.25, 0.3) is 11.8 Å². The highest BCUT2D eigenvalue weighted by molar-refractivity contribution is 6.10. The standard InChI is InChI=1S/C24H23N3O2/c1-15-8-9-16(2)20(12-15)26-23(28)21-14-19(10-11-25-21)24(29)27-17(3)13-18-6-4-5-7-22(18)27/h4-12,14,17H,13H2,1-3H3,(H,26,28). The predicted octanol–water partition coefficient (Wildman–Crippen LogP) is 4.54. The summed E-state index contributed by atoms with van der Waals surface area (Å²) in [5, 5.41) is 2.90. The lowest BCUT2D eigenvalue weighted by molar-refractivity contribution is 0.0981. The van der Waals surface area contributed by atoms with E-state index in [2.05, 4.69) is 16.4 Å². The Morgan fingerprint density at radius 2 is 1.86 bits per heavy atom. The van der Waals surface area contributed by atoms with Gasteiger partial charge in [-0.25, -0.2) is 0 Å². The minimum Gasteiger partial charge on any atom is -0.320 e. The van der Waals surface area contributed by atoms with Gasteiger partial charge in [0, 0.05) is 29.2 Å². The van der Waals surface area contributed by atoms with Gasteiger partial charge >= 0.3 is 0 Å². The van der Waals surface area contributed by atoms with E-state index in [-0.39, 0.29) is 23.6 Å². The number of aromatic nitrogens is 1. The number of rotatable bonds is 3. The summed E-state index contributed by atoms with van der Waals surface area (Å²) in [7, 11) is 0. The molecule has 0 spiro atoms. The molecule has 0 saturated heterocycles. The van der Waals surface area contributed by atoms with Crippen LogP contribution >= 0.6 is 0 Å². The molecule has 29 heavy (non-hydrogen) atoms. The number of amides is 2. The molecule has 1 atom stereocenters. The van der Waals surface area contributed by atoms with Crippen molar-refractivity contribution >= 4 is 23.2 Å². The lowest BCUT2D eigenvalue weighted by Crippen LogP contribution is -2.35. The second-order valence-electron chi connectivity index (χ2n) is 7.56. The Labute approximate surface area is 170 Å². The molecule has 1 unspecified atom stereocenters. The van der Waals surface area contributed by atoms with Crippen molar-refractivity contribution < 1.29 is 9.59 Å². The van der Waals surface area contributed by atoms with Crippen LogP contribution in [0.3, 0.4) is 0 Å². The van der Waals surface area contributed by atoms with Crippen LogP contribution in [0.1, 0.15) is 44.5 Å². The molecule has 4 rings (SSSR count). The molecule has 0 aliphatic carbocycles. The maximum absolute atomic E-state index is 13.2. The fourth-order valence-electron chi connectivity index (χ4n) is 3.76. The van der Waals surface area contributed by atoms with Crippen molar-refractivity contribution in [2.45, 2.75) is 33.2 Å². The van der Waals surface area contributed by atoms with E-state index in [0.717, 1.165) is 34.5 Å². The minimum absolute atomic E-state index is 0.0697. The van der Waals surface area contributed by atoms with Crippen molar-refractivity contribution in [3.8, 4) is 0 Å². The van der Waals surface area contributed by atoms with Crippen LogP contribution < -0.4 is 10.2 Å². The number of carbonyl (C=O) groups excluding carboxylic acids is 2. The highest BCUT2D eigenvalue weighted by atomic mass is 16.2. The zero-order valence-electron chi connectivity index (χ0n) is 16.8. The van der Waals surface area contributed by atoms with Crippen LogP contribution in [-0.4, -0.2) is 22.8 Å². The summed E-state index contributed by atoms with van der Waals surface area (Å²) >= 11 is 0. The van der Waals surface area contributed by atoms with Crippen molar-refractivity contribution in [1.82, 2.24) is 4.98 Å². The van der Waals surface area contributed by atoms with Crippen LogP contribution in [0.15, 0.2) is 60.8 Å². The van der Waals surface area contributed by atoms with Gasteiger partial charge in [-0.1, -0.05) is 30.3 Å². The smallest absolute Gasteiger partial charge is 0.274 e. The minimum atomic E-state index is -0.330. The zero-order valence-corrected chi connectivity index (χ0v) is 16.8. The summed E-state index contributed by atoms with van der Waals surface area (Å²) < 4.78 is 0. The normalized spacial score (nSPS) is 15.1. The summed E-state index contributed by atoms with van der Waals surface area (Å²) in [4.78, 5) is 31.9. The lowest BCUT2D eigenvalue weighted by atomic mass is 10.1. The number of aryl methyl sites for hydroxylation is 2. The van der Waals surface area contributed by atoms with E-state index in [1.54, 1.807) is 17.0 Å². The first-order chi connectivity index (χ1) is 13.9. The first-order valence-corrected chi connectivity index (χ1v) is 9.70. The van der Waals surface area contributed by atoms with Gasteiger partial charge in [-0.2, -0.15) is 0 Å². The predicted molar refractivity (Wildman–Crippen MR) is 115 cm³/mol. The summed E-state index contributed by atoms with van der Waals surface area (Å²) in [5.74, 6) is -0.450. The third-order valence-electron chi connectivity index (χ3n) is 5.31. The Balaban J connectivity index is 1.60. The number of hydrogen-bond donors (Lipinski definition) is 1. The molecule has 2 aromatic carbocycles. The van der Waals surface area contributed by atoms with Crippen molar-refractivity contribution in [3.05, 3.63) is 88.7 Å². The molecule has 1 aliphatic rings. The van der Waals surface area contributed by atoms with E-state index in [1.807, 2.05) is 57.2 Å². The molecular weight excluding hydrogens is 362 g/mol. The molecule has 0 radical (unpaired) electrons. The monoisotopic (exact) mass is 385 g/mol. The van der Waals surface area contributed by atoms with Crippen LogP contribution in [-0.2, 0) is 6.42 Å². The molecule has 1 aliphatic heterocycles. The number of fused-ring (bicyclic) bond motifs is 1. The number of carbonyl (C=O) groups is 2. The molecule has 0 saturated carbocycles. The van der Waals surface area contributed by atoms with Crippen LogP contribution in [0.2, 0.25) is 0 Å². The van der Waals surface area contributed by atoms with Gasteiger partial charge in [0.05, 0.1) is 0 Å². The SMILES string of the molecule is Cc1ccc(C)c(NC(=O)c2cc(C(=O)N3c4ccccc4CC3C)ccn2)c1. The van der Waals surface area contributed by atoms with Crippen LogP contribution in [0.25, 0.3) is 0 Å². The van der Waals surface area contributed by atoms with Gasteiger partial charge in [0.2, 0.25) is 0 Å². The summed E-state index contributed by atoms with van der Waals surface area (Å²) in [6, 6.07) is 17.1. The third-order valence-corrected chi connectivity index (χ3v) is 5.31. The molecule has 0 fully saturated rings. The molecule has 1 aromatic heterocycles. The summed E-state index contributed by atoms with van der Waals surface area (Å²) in [5.41, 5.74) is 5.55. The molecule has 5 heteroatoms. The number of nitrogens with zero attached hydrogens (tertiary/aromatic N) is 2. The van der Waals surface area contributed by atoms with Crippen LogP contribution in [0.5, 0.6) is 0 Å². The summed E-state index contributed by atoms with van der Waals surface area (Å²) in [6.07, 6.45) is 2.34. The maximum Gasteiger partial charge on any atom is 0.274 e. The molecule has 2 heterocycles. The first-order valence-electron chi connectivity index (χ1n) is 9.70. The van der Waals surface area contributed by atoms with Crippen LogP contribution in [0, 0.1) is 13.8 Å². The molecule has 0 bridgehead atoms. The Morgan fingerprint density at radius 1 is 1.07 bits per heavy atom. The van der Waals surface area contributed by atoms with E-state index < -0.39 is 0 Å². The first kappa shape index (κ1) is 18.9. The average Bonchev–Trinajstić information content (AvgIpc) is 3.06. The number of anilines is 2. The molecule has 2 amide bonds. The largest absolute Gasteiger partial charge is 0.320 e. The van der Waals surface area contributed by atoms with Gasteiger partial charge in [0.1, 0.15) is 5.69 Å². The van der Waals surface area contributed by atoms with E-state index in [1.165, 1.54) is 6.20 Å². The second-order valence-corrected chi connectivity index (χ2v) is 7.56. The fraction of sp³-hybridized carbons (Fsp3) is 0.208. The van der Waals surface area contributed by atoms with Crippen molar-refractivity contribution in [2.24, 2.45) is 0 Å². The number of hydrogen-bond acceptors (Lipinski definition) is 3. The Bertz CT molecular complexity index is 1110. The molecule has 5 nitrogen and oxygen atoms in total. The topological polar surface area (TPSA) is 62.3 Å². The number of para-hydroxylation sites is 1. The quantitative estimate of drug-likeness (QED) is 0.720. The van der Waals surface area contributed by atoms with E-state index in [9.17, 15) is 9.59 Å². The van der Waals surface area contributed by atoms with Gasteiger partial charge in [-0.15, -0.1) is 0 Å². The highest BCUT2D eigenvalue weighted by Gasteiger charge is 2.31. The van der Waals surface area contributed by atoms with Crippen molar-refractivity contribution in [3.63, 3.8) is 0 Å². The van der Waals surface area contributed by atoms with E-state index in [4.69, 9.17) is 0 Å². The van der Waals surface area contributed by atoms with Crippen molar-refractivity contribution in [1.29, 1.82) is 0 Å². The zero-order chi connectivity index (χ0) is 20.5. The Kier molecular flexibility index (Phi) is 4.89. The molecular formula is C24H23N3O2. The number of benzene rings is 2. The lowest BCUT2D eigenvalue weighted by Gasteiger charge is -2.23. The summed E-state index contributed by atoms with van der Waals surface area (Å²) in [6.45, 7) is 5.95. The van der Waals surface area contributed by atoms with Gasteiger partial charge < -0.3 is 10.2 Å². The number of nitrogens with one attached hydrogen (secondary N) is 1. The van der Waals surface area contributed by atoms with E-state index in [0.29, 0.717) is 5.56 Å². The van der Waals surface area contributed by atoms with Gasteiger partial charge in [-0.05, 0) is 68.1 Å².